The summed E-state index contributed by atoms with van der Waals surface area (Å²) in [5.74, 6) is 1.08. The third-order valence-corrected chi connectivity index (χ3v) is 5.59. The minimum atomic E-state index is 0.396. The minimum absolute atomic E-state index is 0.396. The van der Waals surface area contributed by atoms with Crippen molar-refractivity contribution < 1.29 is 4.42 Å². The predicted octanol–water partition coefficient (Wildman–Crippen LogP) is 4.89. The summed E-state index contributed by atoms with van der Waals surface area (Å²) < 4.78 is 5.55. The van der Waals surface area contributed by atoms with Crippen molar-refractivity contribution in [3.05, 3.63) is 45.5 Å². The first kappa shape index (κ1) is 14.9. The highest BCUT2D eigenvalue weighted by atomic mass is 32.1. The van der Waals surface area contributed by atoms with E-state index in [9.17, 15) is 0 Å². The van der Waals surface area contributed by atoms with Crippen molar-refractivity contribution in [2.24, 2.45) is 0 Å². The fourth-order valence-electron chi connectivity index (χ4n) is 3.08. The van der Waals surface area contributed by atoms with Gasteiger partial charge in [0.15, 0.2) is 0 Å². The van der Waals surface area contributed by atoms with Crippen LogP contribution in [0.15, 0.2) is 28.9 Å². The van der Waals surface area contributed by atoms with Gasteiger partial charge in [0, 0.05) is 22.2 Å². The standard InChI is InChI=1S/C18H25NOS/c1-2-10-19-16(13-15-8-6-11-20-15)18-12-14-7-4-3-5-9-17(14)21-18/h6,8,11-12,16,19H,2-5,7,9-10,13H2,1H3. The van der Waals surface area contributed by atoms with Crippen LogP contribution in [0.5, 0.6) is 0 Å². The zero-order valence-electron chi connectivity index (χ0n) is 12.9. The van der Waals surface area contributed by atoms with Gasteiger partial charge in [0.05, 0.1) is 6.26 Å². The molecule has 0 bridgehead atoms. The lowest BCUT2D eigenvalue weighted by Crippen LogP contribution is -2.23. The van der Waals surface area contributed by atoms with E-state index in [-0.39, 0.29) is 0 Å². The van der Waals surface area contributed by atoms with Gasteiger partial charge in [0.25, 0.3) is 0 Å². The van der Waals surface area contributed by atoms with Crippen LogP contribution < -0.4 is 5.32 Å². The van der Waals surface area contributed by atoms with Gasteiger partial charge in [-0.2, -0.15) is 0 Å². The molecule has 0 saturated heterocycles. The SMILES string of the molecule is CCCNC(Cc1ccco1)c1cc2c(s1)CCCCC2. The van der Waals surface area contributed by atoms with Gasteiger partial charge < -0.3 is 9.73 Å². The van der Waals surface area contributed by atoms with E-state index in [2.05, 4.69) is 24.4 Å². The molecule has 2 nitrogen and oxygen atoms in total. The lowest BCUT2D eigenvalue weighted by Gasteiger charge is -2.16. The molecular weight excluding hydrogens is 278 g/mol. The molecule has 1 aliphatic carbocycles. The monoisotopic (exact) mass is 303 g/mol. The minimum Gasteiger partial charge on any atom is -0.469 e. The number of aryl methyl sites for hydroxylation is 2. The third kappa shape index (κ3) is 3.78. The Bertz CT molecular complexity index is 520. The number of furan rings is 1. The number of thiophene rings is 1. The molecule has 0 radical (unpaired) electrons. The summed E-state index contributed by atoms with van der Waals surface area (Å²) in [6.07, 6.45) is 10.5. The number of fused-ring (bicyclic) bond motifs is 1. The first-order chi connectivity index (χ1) is 10.4. The van der Waals surface area contributed by atoms with Gasteiger partial charge in [-0.1, -0.05) is 13.3 Å². The van der Waals surface area contributed by atoms with E-state index in [4.69, 9.17) is 4.42 Å². The van der Waals surface area contributed by atoms with Crippen LogP contribution in [0.2, 0.25) is 0 Å². The molecule has 0 spiro atoms. The van der Waals surface area contributed by atoms with Crippen molar-refractivity contribution in [1.29, 1.82) is 0 Å². The Morgan fingerprint density at radius 1 is 1.29 bits per heavy atom. The van der Waals surface area contributed by atoms with Gasteiger partial charge in [0.2, 0.25) is 0 Å². The van der Waals surface area contributed by atoms with Crippen molar-refractivity contribution in [1.82, 2.24) is 5.32 Å². The highest BCUT2D eigenvalue weighted by Crippen LogP contribution is 2.33. The molecule has 2 heterocycles. The summed E-state index contributed by atoms with van der Waals surface area (Å²) in [6.45, 7) is 3.29. The number of hydrogen-bond donors (Lipinski definition) is 1. The van der Waals surface area contributed by atoms with Gasteiger partial charge in [-0.3, -0.25) is 0 Å². The maximum atomic E-state index is 5.55. The average molecular weight is 303 g/mol. The lowest BCUT2D eigenvalue weighted by molar-refractivity contribution is 0.452. The predicted molar refractivity (Wildman–Crippen MR) is 89.0 cm³/mol. The Morgan fingerprint density at radius 2 is 2.19 bits per heavy atom. The maximum Gasteiger partial charge on any atom is 0.105 e. The van der Waals surface area contributed by atoms with Crippen LogP contribution in [-0.2, 0) is 19.3 Å². The van der Waals surface area contributed by atoms with Crippen molar-refractivity contribution in [3.8, 4) is 0 Å². The summed E-state index contributed by atoms with van der Waals surface area (Å²) >= 11 is 2.02. The summed E-state index contributed by atoms with van der Waals surface area (Å²) in [6, 6.07) is 6.92. The number of nitrogens with one attached hydrogen (secondary N) is 1. The quantitative estimate of drug-likeness (QED) is 0.768. The molecule has 3 heteroatoms. The van der Waals surface area contributed by atoms with E-state index in [0.717, 1.165) is 18.7 Å². The van der Waals surface area contributed by atoms with E-state index in [1.807, 2.05) is 17.4 Å². The topological polar surface area (TPSA) is 25.2 Å². The van der Waals surface area contributed by atoms with Crippen molar-refractivity contribution >= 4 is 11.3 Å². The summed E-state index contributed by atoms with van der Waals surface area (Å²) in [4.78, 5) is 3.12. The Labute approximate surface area is 131 Å². The zero-order valence-corrected chi connectivity index (χ0v) is 13.7. The van der Waals surface area contributed by atoms with Crippen LogP contribution in [-0.4, -0.2) is 6.54 Å². The Hall–Kier alpha value is -1.06. The summed E-state index contributed by atoms with van der Waals surface area (Å²) in [7, 11) is 0. The van der Waals surface area contributed by atoms with Gasteiger partial charge in [-0.05, 0) is 62.4 Å². The largest absolute Gasteiger partial charge is 0.469 e. The van der Waals surface area contributed by atoms with Gasteiger partial charge in [0.1, 0.15) is 5.76 Å². The fraction of sp³-hybridized carbons (Fsp3) is 0.556. The molecule has 2 aromatic rings. The van der Waals surface area contributed by atoms with Gasteiger partial charge in [-0.15, -0.1) is 11.3 Å². The van der Waals surface area contributed by atoms with Gasteiger partial charge in [-0.25, -0.2) is 0 Å². The second-order valence-corrected chi connectivity index (χ2v) is 7.12. The molecule has 0 fully saturated rings. The van der Waals surface area contributed by atoms with Crippen LogP contribution in [0.4, 0.5) is 0 Å². The molecule has 1 unspecified atom stereocenters. The molecule has 0 saturated carbocycles. The molecule has 1 aliphatic rings. The first-order valence-corrected chi connectivity index (χ1v) is 9.05. The van der Waals surface area contributed by atoms with Crippen LogP contribution in [0.1, 0.15) is 59.7 Å². The molecule has 0 aromatic carbocycles. The summed E-state index contributed by atoms with van der Waals surface area (Å²) in [5.41, 5.74) is 1.61. The van der Waals surface area contributed by atoms with Gasteiger partial charge >= 0.3 is 0 Å². The van der Waals surface area contributed by atoms with E-state index in [0.29, 0.717) is 6.04 Å². The van der Waals surface area contributed by atoms with Crippen LogP contribution in [0, 0.1) is 0 Å². The number of hydrogen-bond acceptors (Lipinski definition) is 3. The second-order valence-electron chi connectivity index (χ2n) is 5.95. The Kier molecular flexibility index (Phi) is 5.15. The van der Waals surface area contributed by atoms with E-state index < -0.39 is 0 Å². The van der Waals surface area contributed by atoms with E-state index >= 15 is 0 Å². The average Bonchev–Trinajstić information content (AvgIpc) is 3.09. The van der Waals surface area contributed by atoms with Crippen LogP contribution in [0.25, 0.3) is 0 Å². The molecule has 1 atom stereocenters. The van der Waals surface area contributed by atoms with E-state index in [1.54, 1.807) is 16.7 Å². The Morgan fingerprint density at radius 3 is 3.00 bits per heavy atom. The molecule has 114 valence electrons. The molecule has 3 rings (SSSR count). The van der Waals surface area contributed by atoms with Crippen LogP contribution >= 0.6 is 11.3 Å². The highest BCUT2D eigenvalue weighted by molar-refractivity contribution is 7.12. The molecular formula is C18H25NOS. The normalized spacial score (nSPS) is 16.4. The highest BCUT2D eigenvalue weighted by Gasteiger charge is 2.19. The zero-order chi connectivity index (χ0) is 14.5. The molecule has 1 N–H and O–H groups in total. The van der Waals surface area contributed by atoms with Crippen molar-refractivity contribution in [3.63, 3.8) is 0 Å². The smallest absolute Gasteiger partial charge is 0.105 e. The van der Waals surface area contributed by atoms with Crippen molar-refractivity contribution in [2.45, 2.75) is 57.9 Å². The van der Waals surface area contributed by atoms with Crippen molar-refractivity contribution in [2.75, 3.05) is 6.54 Å². The fourth-order valence-corrected chi connectivity index (χ4v) is 4.42. The Balaban J connectivity index is 1.78. The maximum absolute atomic E-state index is 5.55. The molecule has 2 aromatic heterocycles. The number of rotatable bonds is 6. The molecule has 0 amide bonds. The lowest BCUT2D eigenvalue weighted by atomic mass is 10.1. The van der Waals surface area contributed by atoms with Crippen LogP contribution in [0.3, 0.4) is 0 Å². The summed E-state index contributed by atoms with van der Waals surface area (Å²) in [5, 5.41) is 3.70. The molecule has 0 aliphatic heterocycles. The van der Waals surface area contributed by atoms with E-state index in [1.165, 1.54) is 43.4 Å². The second kappa shape index (κ2) is 7.28. The first-order valence-electron chi connectivity index (χ1n) is 8.24. The molecule has 21 heavy (non-hydrogen) atoms. The third-order valence-electron chi connectivity index (χ3n) is 4.24.